The second-order valence-corrected chi connectivity index (χ2v) is 7.17. The summed E-state index contributed by atoms with van der Waals surface area (Å²) >= 11 is 0. The van der Waals surface area contributed by atoms with Gasteiger partial charge < -0.3 is 14.2 Å². The third kappa shape index (κ3) is 3.56. The Kier molecular flexibility index (Phi) is 5.03. The summed E-state index contributed by atoms with van der Waals surface area (Å²) in [6, 6.07) is 21.4. The van der Waals surface area contributed by atoms with Crippen molar-refractivity contribution in [1.29, 1.82) is 0 Å². The van der Waals surface area contributed by atoms with Crippen molar-refractivity contribution >= 4 is 21.8 Å². The number of halogens is 1. The maximum absolute atomic E-state index is 13.5. The van der Waals surface area contributed by atoms with Gasteiger partial charge in [0.05, 0.1) is 25.3 Å². The summed E-state index contributed by atoms with van der Waals surface area (Å²) in [5.74, 6) is 2.00. The van der Waals surface area contributed by atoms with Crippen molar-refractivity contribution in [1.82, 2.24) is 9.97 Å². The summed E-state index contributed by atoms with van der Waals surface area (Å²) in [5.41, 5.74) is 2.90. The Labute approximate surface area is 184 Å². The highest BCUT2D eigenvalue weighted by atomic mass is 19.1. The smallest absolute Gasteiger partial charge is 0.162 e. The zero-order valence-corrected chi connectivity index (χ0v) is 17.5. The number of nitrogens with zero attached hydrogens (tertiary/aromatic N) is 2. The van der Waals surface area contributed by atoms with Gasteiger partial charge in [-0.25, -0.2) is 9.37 Å². The quantitative estimate of drug-likeness (QED) is 0.326. The summed E-state index contributed by atoms with van der Waals surface area (Å²) in [4.78, 5) is 9.24. The summed E-state index contributed by atoms with van der Waals surface area (Å²) in [7, 11) is 3.17. The van der Waals surface area contributed by atoms with Crippen LogP contribution in [0.1, 0.15) is 0 Å². The topological polar surface area (TPSA) is 53.5 Å². The van der Waals surface area contributed by atoms with Crippen LogP contribution in [-0.2, 0) is 0 Å². The van der Waals surface area contributed by atoms with Gasteiger partial charge in [0, 0.05) is 28.6 Å². The number of fused-ring (bicyclic) bond motifs is 2. The first kappa shape index (κ1) is 19.8. The second kappa shape index (κ2) is 8.15. The molecule has 0 spiro atoms. The van der Waals surface area contributed by atoms with Gasteiger partial charge in [0.25, 0.3) is 0 Å². The Balaban J connectivity index is 1.69. The molecule has 6 heteroatoms. The number of pyridine rings is 2. The van der Waals surface area contributed by atoms with Gasteiger partial charge in [-0.2, -0.15) is 0 Å². The highest BCUT2D eigenvalue weighted by molar-refractivity contribution is 5.89. The van der Waals surface area contributed by atoms with Crippen molar-refractivity contribution < 1.29 is 18.6 Å². The van der Waals surface area contributed by atoms with Crippen molar-refractivity contribution in [3.63, 3.8) is 0 Å². The van der Waals surface area contributed by atoms with Crippen molar-refractivity contribution in [2.45, 2.75) is 0 Å². The van der Waals surface area contributed by atoms with Crippen LogP contribution < -0.4 is 14.2 Å². The lowest BCUT2D eigenvalue weighted by atomic mass is 10.1. The normalized spacial score (nSPS) is 11.0. The molecule has 0 bridgehead atoms. The standard InChI is InChI=1S/C26H19FN2O3/c1-30-23-14-19-21(15-24(23)31-2)28-12-11-22(19)32-25-13-17-5-3-4-6-20(17)29-26(25)16-7-9-18(27)10-8-16/h3-15H,1-2H3. The van der Waals surface area contributed by atoms with Crippen molar-refractivity contribution in [3.05, 3.63) is 84.8 Å². The lowest BCUT2D eigenvalue weighted by molar-refractivity contribution is 0.355. The van der Waals surface area contributed by atoms with E-state index in [0.717, 1.165) is 21.9 Å². The Bertz CT molecular complexity index is 1440. The highest BCUT2D eigenvalue weighted by Gasteiger charge is 2.15. The van der Waals surface area contributed by atoms with Gasteiger partial charge in [-0.3, -0.25) is 4.98 Å². The molecule has 2 aromatic heterocycles. The molecule has 5 rings (SSSR count). The summed E-state index contributed by atoms with van der Waals surface area (Å²) in [6.45, 7) is 0. The van der Waals surface area contributed by atoms with E-state index in [4.69, 9.17) is 19.2 Å². The fourth-order valence-corrected chi connectivity index (χ4v) is 3.64. The number of hydrogen-bond acceptors (Lipinski definition) is 5. The highest BCUT2D eigenvalue weighted by Crippen LogP contribution is 2.39. The van der Waals surface area contributed by atoms with Crippen molar-refractivity contribution in [3.8, 4) is 34.3 Å². The van der Waals surface area contributed by atoms with Gasteiger partial charge in [0.1, 0.15) is 17.3 Å². The van der Waals surface area contributed by atoms with E-state index in [-0.39, 0.29) is 5.82 Å². The van der Waals surface area contributed by atoms with Gasteiger partial charge in [-0.1, -0.05) is 18.2 Å². The van der Waals surface area contributed by atoms with E-state index in [1.54, 1.807) is 44.7 Å². The molecule has 0 unspecified atom stereocenters. The Morgan fingerprint density at radius 3 is 2.25 bits per heavy atom. The fraction of sp³-hybridized carbons (Fsp3) is 0.0769. The lowest BCUT2D eigenvalue weighted by Gasteiger charge is -2.15. The largest absolute Gasteiger partial charge is 0.493 e. The SMILES string of the molecule is COc1cc2nccc(Oc3cc4ccccc4nc3-c3ccc(F)cc3)c2cc1OC. The van der Waals surface area contributed by atoms with Crippen LogP contribution in [0.4, 0.5) is 4.39 Å². The lowest BCUT2D eigenvalue weighted by Crippen LogP contribution is -1.96. The zero-order chi connectivity index (χ0) is 22.1. The number of methoxy groups -OCH3 is 2. The summed E-state index contributed by atoms with van der Waals surface area (Å²) in [5, 5.41) is 1.70. The molecule has 0 atom stereocenters. The van der Waals surface area contributed by atoms with E-state index in [2.05, 4.69) is 4.98 Å². The molecule has 158 valence electrons. The fourth-order valence-electron chi connectivity index (χ4n) is 3.64. The maximum atomic E-state index is 13.5. The third-order valence-corrected chi connectivity index (χ3v) is 5.23. The number of para-hydroxylation sites is 1. The van der Waals surface area contributed by atoms with E-state index in [1.165, 1.54) is 12.1 Å². The van der Waals surface area contributed by atoms with Crippen LogP contribution in [0.25, 0.3) is 33.1 Å². The van der Waals surface area contributed by atoms with Crippen LogP contribution in [-0.4, -0.2) is 24.2 Å². The first-order valence-electron chi connectivity index (χ1n) is 10.0. The molecule has 32 heavy (non-hydrogen) atoms. The number of rotatable bonds is 5. The van der Waals surface area contributed by atoms with Crippen molar-refractivity contribution in [2.24, 2.45) is 0 Å². The average molecular weight is 426 g/mol. The van der Waals surface area contributed by atoms with E-state index in [0.29, 0.717) is 34.2 Å². The van der Waals surface area contributed by atoms with Crippen molar-refractivity contribution in [2.75, 3.05) is 14.2 Å². The number of ether oxygens (including phenoxy) is 3. The van der Waals surface area contributed by atoms with Crippen LogP contribution >= 0.6 is 0 Å². The molecule has 0 N–H and O–H groups in total. The number of benzene rings is 3. The van der Waals surface area contributed by atoms with Gasteiger partial charge in [-0.05, 0) is 48.5 Å². The van der Waals surface area contributed by atoms with Crippen LogP contribution in [0.2, 0.25) is 0 Å². The molecule has 0 saturated heterocycles. The molecule has 0 amide bonds. The molecule has 0 aliphatic heterocycles. The van der Waals surface area contributed by atoms with E-state index in [1.807, 2.05) is 36.4 Å². The third-order valence-electron chi connectivity index (χ3n) is 5.23. The first-order valence-corrected chi connectivity index (χ1v) is 10.0. The molecule has 3 aromatic carbocycles. The monoisotopic (exact) mass is 426 g/mol. The van der Waals surface area contributed by atoms with E-state index < -0.39 is 0 Å². The number of hydrogen-bond donors (Lipinski definition) is 0. The minimum absolute atomic E-state index is 0.307. The predicted octanol–water partition coefficient (Wildman–Crippen LogP) is 6.40. The van der Waals surface area contributed by atoms with E-state index in [9.17, 15) is 4.39 Å². The van der Waals surface area contributed by atoms with Gasteiger partial charge in [-0.15, -0.1) is 0 Å². The predicted molar refractivity (Wildman–Crippen MR) is 122 cm³/mol. The molecular weight excluding hydrogens is 407 g/mol. The molecular formula is C26H19FN2O3. The molecule has 5 aromatic rings. The minimum Gasteiger partial charge on any atom is -0.493 e. The zero-order valence-electron chi connectivity index (χ0n) is 17.5. The van der Waals surface area contributed by atoms with Crippen LogP contribution in [0.3, 0.4) is 0 Å². The summed E-state index contributed by atoms with van der Waals surface area (Å²) in [6.07, 6.45) is 1.68. The first-order chi connectivity index (χ1) is 15.7. The maximum Gasteiger partial charge on any atom is 0.162 e. The van der Waals surface area contributed by atoms with Gasteiger partial charge >= 0.3 is 0 Å². The van der Waals surface area contributed by atoms with Crippen LogP contribution in [0.15, 0.2) is 79.0 Å². The Hall–Kier alpha value is -4.19. The second-order valence-electron chi connectivity index (χ2n) is 7.17. The molecule has 0 radical (unpaired) electrons. The van der Waals surface area contributed by atoms with E-state index >= 15 is 0 Å². The molecule has 0 fully saturated rings. The Morgan fingerprint density at radius 1 is 0.719 bits per heavy atom. The van der Waals surface area contributed by atoms with Crippen LogP contribution in [0, 0.1) is 5.82 Å². The molecule has 0 aliphatic rings. The van der Waals surface area contributed by atoms with Gasteiger partial charge in [0.15, 0.2) is 17.2 Å². The van der Waals surface area contributed by atoms with Gasteiger partial charge in [0.2, 0.25) is 0 Å². The number of aromatic nitrogens is 2. The summed E-state index contributed by atoms with van der Waals surface area (Å²) < 4.78 is 30.8. The minimum atomic E-state index is -0.307. The molecule has 0 aliphatic carbocycles. The molecule has 0 saturated carbocycles. The molecule has 2 heterocycles. The van der Waals surface area contributed by atoms with Crippen LogP contribution in [0.5, 0.6) is 23.0 Å². The average Bonchev–Trinajstić information content (AvgIpc) is 2.83. The molecule has 5 nitrogen and oxygen atoms in total. The Morgan fingerprint density at radius 2 is 1.47 bits per heavy atom.